The summed E-state index contributed by atoms with van der Waals surface area (Å²) in [6.45, 7) is 9.54. The fraction of sp³-hybridized carbons (Fsp3) is 0.0909. The Kier molecular flexibility index (Phi) is 10.5. The summed E-state index contributed by atoms with van der Waals surface area (Å²) in [5.74, 6) is 0. The third kappa shape index (κ3) is 7.04. The quantitative estimate of drug-likeness (QED) is 0.142. The number of rotatable bonds is 9. The maximum absolute atomic E-state index is 2.54. The van der Waals surface area contributed by atoms with E-state index in [1.165, 1.54) is 88.7 Å². The standard InChI is InChI=1S/C77H58N2/c1-75(2)69-35-21-19-33-63(69)65-43-39-58(49-71(65)75)79(59-40-44-66-64-34-20-22-36-70(64)76(3,4)72(66)50-59)61-46-53(45-60(48-61)78(56-28-13-7-14-29-56)57-30-15-8-16-31-57)52-38-41-67-68-42-37-51-23-17-18-32-62(51)74(68)77(73(67)47-52,54-24-9-5-10-25-54)55-26-11-6-12-27-55/h5-50H,1-4H3. The highest BCUT2D eigenvalue weighted by Crippen LogP contribution is 2.60. The van der Waals surface area contributed by atoms with Crippen molar-refractivity contribution in [2.24, 2.45) is 0 Å². The molecule has 12 aromatic carbocycles. The van der Waals surface area contributed by atoms with E-state index in [4.69, 9.17) is 0 Å². The first kappa shape index (κ1) is 46.8. The Bertz CT molecular complexity index is 4180. The van der Waals surface area contributed by atoms with Gasteiger partial charge in [0.05, 0.1) is 5.41 Å². The third-order valence-corrected chi connectivity index (χ3v) is 17.9. The second-order valence-electron chi connectivity index (χ2n) is 22.8. The normalized spacial score (nSPS) is 14.4. The Morgan fingerprint density at radius 1 is 0.253 bits per heavy atom. The second kappa shape index (κ2) is 17.8. The topological polar surface area (TPSA) is 6.48 Å². The van der Waals surface area contributed by atoms with Gasteiger partial charge in [-0.05, 0) is 173 Å². The second-order valence-corrected chi connectivity index (χ2v) is 22.8. The summed E-state index contributed by atoms with van der Waals surface area (Å²) in [6.07, 6.45) is 0. The monoisotopic (exact) mass is 1010 g/mol. The van der Waals surface area contributed by atoms with Gasteiger partial charge >= 0.3 is 0 Å². The van der Waals surface area contributed by atoms with E-state index in [-0.39, 0.29) is 10.8 Å². The Hall–Kier alpha value is -9.50. The number of hydrogen-bond acceptors (Lipinski definition) is 2. The van der Waals surface area contributed by atoms with E-state index in [0.717, 1.165) is 45.3 Å². The predicted octanol–water partition coefficient (Wildman–Crippen LogP) is 20.4. The van der Waals surface area contributed by atoms with Crippen molar-refractivity contribution in [2.45, 2.75) is 43.9 Å². The molecule has 79 heavy (non-hydrogen) atoms. The average Bonchev–Trinajstić information content (AvgIpc) is 4.05. The molecule has 0 amide bonds. The van der Waals surface area contributed by atoms with Crippen LogP contribution in [0.5, 0.6) is 0 Å². The molecule has 0 radical (unpaired) electrons. The molecule has 0 aliphatic heterocycles. The SMILES string of the molecule is CC1(C)c2ccccc2-c2ccc(N(c3cc(-c4ccc5c(c4)C(c4ccccc4)(c4ccccc4)c4c-5ccc5ccccc45)cc(N(c4ccccc4)c4ccccc4)c3)c3ccc4c(c3)C(C)(C)c3ccccc3-4)cc21. The first-order valence-corrected chi connectivity index (χ1v) is 27.8. The van der Waals surface area contributed by atoms with Crippen molar-refractivity contribution >= 4 is 44.9 Å². The largest absolute Gasteiger partial charge is 0.310 e. The van der Waals surface area contributed by atoms with Crippen molar-refractivity contribution < 1.29 is 0 Å². The Labute approximate surface area is 464 Å². The van der Waals surface area contributed by atoms with E-state index in [1.807, 2.05) is 0 Å². The lowest BCUT2D eigenvalue weighted by Crippen LogP contribution is -2.28. The lowest BCUT2D eigenvalue weighted by atomic mass is 9.66. The van der Waals surface area contributed by atoms with Crippen LogP contribution >= 0.6 is 0 Å². The van der Waals surface area contributed by atoms with Crippen LogP contribution < -0.4 is 9.80 Å². The zero-order chi connectivity index (χ0) is 53.0. The van der Waals surface area contributed by atoms with Crippen molar-refractivity contribution in [3.8, 4) is 44.5 Å². The van der Waals surface area contributed by atoms with Crippen molar-refractivity contribution in [1.29, 1.82) is 0 Å². The Morgan fingerprint density at radius 3 is 1.22 bits per heavy atom. The molecule has 376 valence electrons. The van der Waals surface area contributed by atoms with Crippen molar-refractivity contribution in [3.63, 3.8) is 0 Å². The number of benzene rings is 12. The van der Waals surface area contributed by atoms with Gasteiger partial charge in [-0.2, -0.15) is 0 Å². The Morgan fingerprint density at radius 2 is 0.671 bits per heavy atom. The van der Waals surface area contributed by atoms with Crippen molar-refractivity contribution in [3.05, 3.63) is 324 Å². The van der Waals surface area contributed by atoms with E-state index in [9.17, 15) is 0 Å². The third-order valence-electron chi connectivity index (χ3n) is 17.9. The summed E-state index contributed by atoms with van der Waals surface area (Å²) in [6, 6.07) is 105. The molecule has 0 spiro atoms. The minimum atomic E-state index is -0.611. The van der Waals surface area contributed by atoms with Crippen molar-refractivity contribution in [1.82, 2.24) is 0 Å². The summed E-state index contributed by atoms with van der Waals surface area (Å²) in [7, 11) is 0. The predicted molar refractivity (Wildman–Crippen MR) is 331 cm³/mol. The van der Waals surface area contributed by atoms with Crippen LogP contribution in [0.3, 0.4) is 0 Å². The average molecular weight is 1010 g/mol. The number of nitrogens with zero attached hydrogens (tertiary/aromatic N) is 2. The molecule has 15 rings (SSSR count). The highest BCUT2D eigenvalue weighted by molar-refractivity contribution is 6.01. The molecule has 2 nitrogen and oxygen atoms in total. The van der Waals surface area contributed by atoms with Crippen LogP contribution in [0.25, 0.3) is 55.3 Å². The molecule has 0 saturated heterocycles. The lowest BCUT2D eigenvalue weighted by molar-refractivity contribution is 0.660. The molecule has 0 heterocycles. The minimum Gasteiger partial charge on any atom is -0.310 e. The maximum atomic E-state index is 2.54. The van der Waals surface area contributed by atoms with Gasteiger partial charge in [-0.3, -0.25) is 0 Å². The van der Waals surface area contributed by atoms with Gasteiger partial charge in [-0.25, -0.2) is 0 Å². The van der Waals surface area contributed by atoms with Gasteiger partial charge in [0.15, 0.2) is 0 Å². The smallest absolute Gasteiger partial charge is 0.0719 e. The van der Waals surface area contributed by atoms with E-state index in [0.29, 0.717) is 0 Å². The van der Waals surface area contributed by atoms with Crippen LogP contribution in [0.1, 0.15) is 72.2 Å². The van der Waals surface area contributed by atoms with Gasteiger partial charge in [0.25, 0.3) is 0 Å². The summed E-state index contributed by atoms with van der Waals surface area (Å²) < 4.78 is 0. The van der Waals surface area contributed by atoms with Crippen LogP contribution in [-0.2, 0) is 16.2 Å². The highest BCUT2D eigenvalue weighted by Gasteiger charge is 2.47. The number of anilines is 6. The highest BCUT2D eigenvalue weighted by atomic mass is 15.2. The van der Waals surface area contributed by atoms with Gasteiger partial charge in [-0.15, -0.1) is 0 Å². The number of para-hydroxylation sites is 2. The van der Waals surface area contributed by atoms with Crippen LogP contribution in [0.4, 0.5) is 34.1 Å². The van der Waals surface area contributed by atoms with Gasteiger partial charge in [0.2, 0.25) is 0 Å². The fourth-order valence-corrected chi connectivity index (χ4v) is 14.2. The molecular formula is C77H58N2. The van der Waals surface area contributed by atoms with Crippen LogP contribution in [0.2, 0.25) is 0 Å². The molecule has 0 bridgehead atoms. The molecule has 0 saturated carbocycles. The molecule has 0 fully saturated rings. The van der Waals surface area contributed by atoms with Gasteiger partial charge < -0.3 is 9.80 Å². The summed E-state index contributed by atoms with van der Waals surface area (Å²) in [4.78, 5) is 4.96. The van der Waals surface area contributed by atoms with E-state index in [2.05, 4.69) is 317 Å². The molecule has 0 N–H and O–H groups in total. The van der Waals surface area contributed by atoms with Gasteiger partial charge in [-0.1, -0.05) is 234 Å². The van der Waals surface area contributed by atoms with E-state index >= 15 is 0 Å². The summed E-state index contributed by atoms with van der Waals surface area (Å²) in [5, 5.41) is 2.51. The summed E-state index contributed by atoms with van der Waals surface area (Å²) >= 11 is 0. The first-order valence-electron chi connectivity index (χ1n) is 27.8. The first-order chi connectivity index (χ1) is 38.7. The van der Waals surface area contributed by atoms with Gasteiger partial charge in [0, 0.05) is 45.0 Å². The molecular weight excluding hydrogens is 953 g/mol. The van der Waals surface area contributed by atoms with Crippen LogP contribution in [0, 0.1) is 0 Å². The van der Waals surface area contributed by atoms with E-state index in [1.54, 1.807) is 0 Å². The molecule has 3 aliphatic carbocycles. The number of fused-ring (bicyclic) bond motifs is 11. The molecule has 0 aromatic heterocycles. The van der Waals surface area contributed by atoms with E-state index < -0.39 is 5.41 Å². The maximum Gasteiger partial charge on any atom is 0.0719 e. The lowest BCUT2D eigenvalue weighted by Gasteiger charge is -2.35. The molecule has 12 aromatic rings. The molecule has 0 unspecified atom stereocenters. The molecule has 0 atom stereocenters. The molecule has 2 heteroatoms. The molecule has 3 aliphatic rings. The van der Waals surface area contributed by atoms with Crippen LogP contribution in [0.15, 0.2) is 279 Å². The van der Waals surface area contributed by atoms with Crippen molar-refractivity contribution in [2.75, 3.05) is 9.80 Å². The minimum absolute atomic E-state index is 0.197. The zero-order valence-electron chi connectivity index (χ0n) is 45.0. The zero-order valence-corrected chi connectivity index (χ0v) is 45.0. The van der Waals surface area contributed by atoms with Crippen LogP contribution in [-0.4, -0.2) is 0 Å². The summed E-state index contributed by atoms with van der Waals surface area (Å²) in [5.41, 5.74) is 26.1. The Balaban J connectivity index is 1.02. The van der Waals surface area contributed by atoms with Gasteiger partial charge in [0.1, 0.15) is 0 Å². The fourth-order valence-electron chi connectivity index (χ4n) is 14.2. The number of hydrogen-bond donors (Lipinski definition) is 0.